The van der Waals surface area contributed by atoms with E-state index in [1.54, 1.807) is 19.1 Å². The standard InChI is InChI=1S/C29H29N3O5/c1-36-24-15-21-13-14-31(18-22(21)16-25(24)37-2)26(33)19-32-27(34)29(30-28(32)35,23-11-7-4-8-12-23)17-20-9-5-3-6-10-20/h3-12,15-16H,13-14,17-19H2,1-2H3,(H,30,35)/t29-/m1/s1. The number of fused-ring (bicyclic) bond motifs is 1. The highest BCUT2D eigenvalue weighted by atomic mass is 16.5. The minimum absolute atomic E-state index is 0.284. The van der Waals surface area contributed by atoms with Crippen molar-refractivity contribution < 1.29 is 23.9 Å². The van der Waals surface area contributed by atoms with Crippen LogP contribution in [-0.2, 0) is 34.5 Å². The lowest BCUT2D eigenvalue weighted by atomic mass is 9.83. The van der Waals surface area contributed by atoms with Crippen LogP contribution < -0.4 is 14.8 Å². The zero-order chi connectivity index (χ0) is 26.0. The zero-order valence-corrected chi connectivity index (χ0v) is 20.9. The second kappa shape index (κ2) is 9.97. The zero-order valence-electron chi connectivity index (χ0n) is 20.9. The second-order valence-corrected chi connectivity index (χ2v) is 9.30. The van der Waals surface area contributed by atoms with Crippen molar-refractivity contribution in [2.45, 2.75) is 24.9 Å². The van der Waals surface area contributed by atoms with Gasteiger partial charge in [0.25, 0.3) is 5.91 Å². The molecule has 2 aliphatic rings. The number of urea groups is 1. The number of nitrogens with zero attached hydrogens (tertiary/aromatic N) is 2. The van der Waals surface area contributed by atoms with Crippen LogP contribution in [0.25, 0.3) is 0 Å². The van der Waals surface area contributed by atoms with Gasteiger partial charge in [0.1, 0.15) is 6.54 Å². The van der Waals surface area contributed by atoms with Gasteiger partial charge in [0, 0.05) is 19.5 Å². The molecule has 1 N–H and O–H groups in total. The SMILES string of the molecule is COc1cc2c(cc1OC)CN(C(=O)CN1C(=O)N[C@](Cc3ccccc3)(c3ccccc3)C1=O)CC2. The highest BCUT2D eigenvalue weighted by molar-refractivity contribution is 6.09. The molecule has 0 unspecified atom stereocenters. The third-order valence-electron chi connectivity index (χ3n) is 7.12. The van der Waals surface area contributed by atoms with Gasteiger partial charge in [-0.1, -0.05) is 60.7 Å². The lowest BCUT2D eigenvalue weighted by Crippen LogP contribution is -2.47. The Morgan fingerprint density at radius 1 is 0.919 bits per heavy atom. The average Bonchev–Trinajstić information content (AvgIpc) is 3.17. The van der Waals surface area contributed by atoms with Gasteiger partial charge in [-0.2, -0.15) is 0 Å². The predicted molar refractivity (Wildman–Crippen MR) is 137 cm³/mol. The van der Waals surface area contributed by atoms with E-state index < -0.39 is 17.5 Å². The number of amides is 4. The number of hydrogen-bond donors (Lipinski definition) is 1. The molecule has 4 amide bonds. The van der Waals surface area contributed by atoms with Crippen molar-refractivity contribution in [3.05, 3.63) is 95.1 Å². The van der Waals surface area contributed by atoms with Gasteiger partial charge in [-0.15, -0.1) is 0 Å². The number of hydrogen-bond acceptors (Lipinski definition) is 5. The van der Waals surface area contributed by atoms with Gasteiger partial charge in [-0.05, 0) is 40.8 Å². The van der Waals surface area contributed by atoms with Gasteiger partial charge in [0.05, 0.1) is 14.2 Å². The first-order valence-corrected chi connectivity index (χ1v) is 12.2. The predicted octanol–water partition coefficient (Wildman–Crippen LogP) is 3.28. The first-order chi connectivity index (χ1) is 17.9. The summed E-state index contributed by atoms with van der Waals surface area (Å²) in [5.74, 6) is 0.534. The maximum absolute atomic E-state index is 13.9. The molecule has 3 aromatic rings. The molecule has 2 aliphatic heterocycles. The number of methoxy groups -OCH3 is 2. The van der Waals surface area contributed by atoms with E-state index in [1.165, 1.54) is 0 Å². The second-order valence-electron chi connectivity index (χ2n) is 9.30. The van der Waals surface area contributed by atoms with Crippen molar-refractivity contribution in [1.29, 1.82) is 0 Å². The first kappa shape index (κ1) is 24.4. The highest BCUT2D eigenvalue weighted by Crippen LogP contribution is 2.35. The molecular formula is C29H29N3O5. The van der Waals surface area contributed by atoms with E-state index in [0.717, 1.165) is 21.6 Å². The van der Waals surface area contributed by atoms with Crippen LogP contribution in [0, 0.1) is 0 Å². The molecule has 0 radical (unpaired) electrons. The minimum atomic E-state index is -1.28. The lowest BCUT2D eigenvalue weighted by Gasteiger charge is -2.31. The number of ether oxygens (including phenoxy) is 2. The molecule has 3 aromatic carbocycles. The molecule has 1 saturated heterocycles. The van der Waals surface area contributed by atoms with Crippen LogP contribution in [0.1, 0.15) is 22.3 Å². The molecule has 37 heavy (non-hydrogen) atoms. The molecule has 2 heterocycles. The number of carbonyl (C=O) groups excluding carboxylic acids is 3. The maximum Gasteiger partial charge on any atom is 0.325 e. The van der Waals surface area contributed by atoms with Crippen molar-refractivity contribution >= 4 is 17.8 Å². The molecule has 0 aliphatic carbocycles. The average molecular weight is 500 g/mol. The van der Waals surface area contributed by atoms with Crippen LogP contribution in [0.3, 0.4) is 0 Å². The largest absolute Gasteiger partial charge is 0.493 e. The van der Waals surface area contributed by atoms with Crippen LogP contribution in [0.4, 0.5) is 4.79 Å². The van der Waals surface area contributed by atoms with E-state index in [4.69, 9.17) is 9.47 Å². The molecule has 1 atom stereocenters. The van der Waals surface area contributed by atoms with E-state index >= 15 is 0 Å². The Morgan fingerprint density at radius 2 is 1.54 bits per heavy atom. The third kappa shape index (κ3) is 4.50. The van der Waals surface area contributed by atoms with Crippen LogP contribution in [0.5, 0.6) is 11.5 Å². The Bertz CT molecular complexity index is 1330. The number of rotatable bonds is 7. The summed E-state index contributed by atoms with van der Waals surface area (Å²) in [6.45, 7) is 0.529. The number of nitrogens with one attached hydrogen (secondary N) is 1. The fourth-order valence-electron chi connectivity index (χ4n) is 5.14. The molecule has 0 saturated carbocycles. The van der Waals surface area contributed by atoms with Gasteiger partial charge in [-0.3, -0.25) is 14.5 Å². The van der Waals surface area contributed by atoms with E-state index in [9.17, 15) is 14.4 Å². The molecule has 190 valence electrons. The number of carbonyl (C=O) groups is 3. The fourth-order valence-corrected chi connectivity index (χ4v) is 5.14. The molecule has 1 fully saturated rings. The van der Waals surface area contributed by atoms with Crippen LogP contribution in [0.2, 0.25) is 0 Å². The van der Waals surface area contributed by atoms with Crippen molar-refractivity contribution in [3.8, 4) is 11.5 Å². The molecule has 8 nitrogen and oxygen atoms in total. The molecular weight excluding hydrogens is 470 g/mol. The van der Waals surface area contributed by atoms with Crippen LogP contribution in [0.15, 0.2) is 72.8 Å². The minimum Gasteiger partial charge on any atom is -0.493 e. The summed E-state index contributed by atoms with van der Waals surface area (Å²) in [4.78, 5) is 43.0. The molecule has 0 bridgehead atoms. The molecule has 0 spiro atoms. The van der Waals surface area contributed by atoms with Crippen molar-refractivity contribution in [2.24, 2.45) is 0 Å². The Balaban J connectivity index is 1.37. The highest BCUT2D eigenvalue weighted by Gasteiger charge is 2.53. The Morgan fingerprint density at radius 3 is 2.19 bits per heavy atom. The first-order valence-electron chi connectivity index (χ1n) is 12.2. The van der Waals surface area contributed by atoms with Crippen molar-refractivity contribution in [3.63, 3.8) is 0 Å². The summed E-state index contributed by atoms with van der Waals surface area (Å²) in [5, 5.41) is 2.92. The van der Waals surface area contributed by atoms with Gasteiger partial charge < -0.3 is 19.7 Å². The molecule has 0 aromatic heterocycles. The topological polar surface area (TPSA) is 88.2 Å². The summed E-state index contributed by atoms with van der Waals surface area (Å²) in [7, 11) is 3.16. The van der Waals surface area contributed by atoms with E-state index in [-0.39, 0.29) is 18.9 Å². The van der Waals surface area contributed by atoms with E-state index in [2.05, 4.69) is 5.32 Å². The van der Waals surface area contributed by atoms with Crippen molar-refractivity contribution in [2.75, 3.05) is 27.3 Å². The monoisotopic (exact) mass is 499 g/mol. The summed E-state index contributed by atoms with van der Waals surface area (Å²) < 4.78 is 10.8. The summed E-state index contributed by atoms with van der Waals surface area (Å²) >= 11 is 0. The Labute approximate surface area is 215 Å². The quantitative estimate of drug-likeness (QED) is 0.504. The van der Waals surface area contributed by atoms with E-state index in [1.807, 2.05) is 72.8 Å². The van der Waals surface area contributed by atoms with E-state index in [0.29, 0.717) is 36.6 Å². The lowest BCUT2D eigenvalue weighted by molar-refractivity contribution is -0.139. The van der Waals surface area contributed by atoms with Crippen LogP contribution in [-0.4, -0.2) is 55.0 Å². The fraction of sp³-hybridized carbons (Fsp3) is 0.276. The number of benzene rings is 3. The Kier molecular flexibility index (Phi) is 6.56. The maximum atomic E-state index is 13.9. The summed E-state index contributed by atoms with van der Waals surface area (Å²) in [5.41, 5.74) is 2.35. The van der Waals surface area contributed by atoms with Gasteiger partial charge >= 0.3 is 6.03 Å². The number of imide groups is 1. The molecule has 5 rings (SSSR count). The summed E-state index contributed by atoms with van der Waals surface area (Å²) in [6.07, 6.45) is 0.926. The normalized spacial score (nSPS) is 18.9. The smallest absolute Gasteiger partial charge is 0.325 e. The Hall–Kier alpha value is -4.33. The molecule has 8 heteroatoms. The van der Waals surface area contributed by atoms with Gasteiger partial charge in [-0.25, -0.2) is 4.79 Å². The van der Waals surface area contributed by atoms with Gasteiger partial charge in [0.2, 0.25) is 5.91 Å². The van der Waals surface area contributed by atoms with Gasteiger partial charge in [0.15, 0.2) is 17.0 Å². The summed E-state index contributed by atoms with van der Waals surface area (Å²) in [6, 6.07) is 22.0. The third-order valence-corrected chi connectivity index (χ3v) is 7.12. The van der Waals surface area contributed by atoms with Crippen LogP contribution >= 0.6 is 0 Å². The van der Waals surface area contributed by atoms with Crippen molar-refractivity contribution in [1.82, 2.24) is 15.1 Å².